The number of hydrazone groups is 1. The number of halogens is 1. The Bertz CT molecular complexity index is 743. The fourth-order valence-electron chi connectivity index (χ4n) is 2.97. The number of ether oxygens (including phenoxy) is 1. The maximum Gasteiger partial charge on any atom is 0.166 e. The molecule has 0 atom stereocenters. The van der Waals surface area contributed by atoms with Gasteiger partial charge in [-0.25, -0.2) is 0 Å². The SMILES string of the molecule is COc1cccc(/C=N/N2CC[NH+](Cc3ccccc3Cl)CC2)c1O. The zero-order valence-corrected chi connectivity index (χ0v) is 15.0. The van der Waals surface area contributed by atoms with Gasteiger partial charge >= 0.3 is 0 Å². The topological polar surface area (TPSA) is 49.5 Å². The van der Waals surface area contributed by atoms with Crippen LogP contribution < -0.4 is 9.64 Å². The van der Waals surface area contributed by atoms with E-state index in [1.807, 2.05) is 35.3 Å². The van der Waals surface area contributed by atoms with Crippen molar-refractivity contribution >= 4 is 17.8 Å². The summed E-state index contributed by atoms with van der Waals surface area (Å²) in [4.78, 5) is 1.50. The molecule has 2 aromatic carbocycles. The van der Waals surface area contributed by atoms with Gasteiger partial charge in [-0.1, -0.05) is 35.9 Å². The third kappa shape index (κ3) is 4.44. The smallest absolute Gasteiger partial charge is 0.166 e. The van der Waals surface area contributed by atoms with Crippen LogP contribution in [-0.4, -0.2) is 49.6 Å². The number of phenolic OH excluding ortho intramolecular Hbond substituents is 1. The van der Waals surface area contributed by atoms with Crippen molar-refractivity contribution in [2.75, 3.05) is 33.3 Å². The van der Waals surface area contributed by atoms with Crippen LogP contribution in [0.25, 0.3) is 0 Å². The Hall–Kier alpha value is -2.24. The van der Waals surface area contributed by atoms with Crippen LogP contribution in [0.4, 0.5) is 0 Å². The van der Waals surface area contributed by atoms with Gasteiger partial charge in [0.15, 0.2) is 11.5 Å². The van der Waals surface area contributed by atoms with Gasteiger partial charge in [-0.2, -0.15) is 5.10 Å². The van der Waals surface area contributed by atoms with E-state index in [9.17, 15) is 5.11 Å². The Morgan fingerprint density at radius 3 is 2.68 bits per heavy atom. The first-order chi connectivity index (χ1) is 12.2. The number of hydrogen-bond acceptors (Lipinski definition) is 4. The molecule has 0 unspecified atom stereocenters. The van der Waals surface area contributed by atoms with Crippen molar-refractivity contribution in [1.29, 1.82) is 0 Å². The van der Waals surface area contributed by atoms with Crippen LogP contribution in [0.5, 0.6) is 11.5 Å². The van der Waals surface area contributed by atoms with Crippen molar-refractivity contribution in [2.45, 2.75) is 6.54 Å². The van der Waals surface area contributed by atoms with Gasteiger partial charge in [0.25, 0.3) is 0 Å². The van der Waals surface area contributed by atoms with Crippen molar-refractivity contribution in [3.05, 3.63) is 58.6 Å². The second kappa shape index (κ2) is 8.23. The molecule has 0 aliphatic carbocycles. The van der Waals surface area contributed by atoms with Gasteiger partial charge in [0, 0.05) is 16.1 Å². The van der Waals surface area contributed by atoms with Crippen LogP contribution >= 0.6 is 11.6 Å². The normalized spacial score (nSPS) is 15.7. The molecule has 1 fully saturated rings. The molecule has 0 bridgehead atoms. The van der Waals surface area contributed by atoms with Gasteiger partial charge in [0.1, 0.15) is 6.54 Å². The summed E-state index contributed by atoms with van der Waals surface area (Å²) in [6.07, 6.45) is 1.69. The number of methoxy groups -OCH3 is 1. The van der Waals surface area contributed by atoms with Gasteiger partial charge < -0.3 is 14.7 Å². The summed E-state index contributed by atoms with van der Waals surface area (Å²) in [5, 5.41) is 17.5. The molecule has 0 amide bonds. The fourth-order valence-corrected chi connectivity index (χ4v) is 3.17. The molecular weight excluding hydrogens is 338 g/mol. The molecule has 2 N–H and O–H groups in total. The Morgan fingerprint density at radius 1 is 1.20 bits per heavy atom. The molecule has 132 valence electrons. The van der Waals surface area contributed by atoms with Gasteiger partial charge in [-0.3, -0.25) is 5.01 Å². The summed E-state index contributed by atoms with van der Waals surface area (Å²) >= 11 is 6.25. The number of hydrogen-bond donors (Lipinski definition) is 2. The molecule has 25 heavy (non-hydrogen) atoms. The van der Waals surface area contributed by atoms with Crippen LogP contribution in [0.3, 0.4) is 0 Å². The van der Waals surface area contributed by atoms with Crippen molar-refractivity contribution < 1.29 is 14.7 Å². The maximum atomic E-state index is 10.1. The Morgan fingerprint density at radius 2 is 1.96 bits per heavy atom. The number of quaternary nitrogens is 1. The lowest BCUT2D eigenvalue weighted by atomic mass is 10.2. The van der Waals surface area contributed by atoms with Crippen molar-refractivity contribution in [3.63, 3.8) is 0 Å². The largest absolute Gasteiger partial charge is 0.504 e. The third-order valence-electron chi connectivity index (χ3n) is 4.46. The lowest BCUT2D eigenvalue weighted by Crippen LogP contribution is -3.13. The summed E-state index contributed by atoms with van der Waals surface area (Å²) in [6, 6.07) is 13.4. The number of rotatable bonds is 5. The summed E-state index contributed by atoms with van der Waals surface area (Å²) in [7, 11) is 1.54. The van der Waals surface area contributed by atoms with Crippen molar-refractivity contribution in [1.82, 2.24) is 5.01 Å². The van der Waals surface area contributed by atoms with Crippen LogP contribution in [0.2, 0.25) is 5.02 Å². The van der Waals surface area contributed by atoms with E-state index in [4.69, 9.17) is 16.3 Å². The molecule has 0 saturated carbocycles. The first-order valence-electron chi connectivity index (χ1n) is 8.39. The number of benzene rings is 2. The highest BCUT2D eigenvalue weighted by atomic mass is 35.5. The molecule has 6 heteroatoms. The van der Waals surface area contributed by atoms with Gasteiger partial charge in [-0.15, -0.1) is 0 Å². The van der Waals surface area contributed by atoms with Gasteiger partial charge in [0.05, 0.1) is 39.5 Å². The van der Waals surface area contributed by atoms with Crippen LogP contribution in [0.1, 0.15) is 11.1 Å². The number of phenols is 1. The van der Waals surface area contributed by atoms with E-state index >= 15 is 0 Å². The number of nitrogens with zero attached hydrogens (tertiary/aromatic N) is 2. The maximum absolute atomic E-state index is 10.1. The van der Waals surface area contributed by atoms with E-state index in [1.165, 1.54) is 17.6 Å². The average Bonchev–Trinajstić information content (AvgIpc) is 2.64. The quantitative estimate of drug-likeness (QED) is 0.799. The highest BCUT2D eigenvalue weighted by Gasteiger charge is 2.19. The molecule has 3 rings (SSSR count). The minimum atomic E-state index is 0.122. The number of aromatic hydroxyl groups is 1. The summed E-state index contributed by atoms with van der Waals surface area (Å²) in [5.74, 6) is 0.578. The molecule has 5 nitrogen and oxygen atoms in total. The predicted molar refractivity (Wildman–Crippen MR) is 99.7 cm³/mol. The van der Waals surface area contributed by atoms with E-state index < -0.39 is 0 Å². The van der Waals surface area contributed by atoms with E-state index in [1.54, 1.807) is 12.3 Å². The second-order valence-corrected chi connectivity index (χ2v) is 6.52. The minimum Gasteiger partial charge on any atom is -0.504 e. The zero-order valence-electron chi connectivity index (χ0n) is 14.3. The molecule has 2 aromatic rings. The van der Waals surface area contributed by atoms with Crippen molar-refractivity contribution in [2.24, 2.45) is 5.10 Å². The highest BCUT2D eigenvalue weighted by molar-refractivity contribution is 6.31. The van der Waals surface area contributed by atoms with E-state index in [-0.39, 0.29) is 5.75 Å². The molecule has 0 radical (unpaired) electrons. The Labute approximate surface area is 153 Å². The van der Waals surface area contributed by atoms with Crippen LogP contribution in [0, 0.1) is 0 Å². The van der Waals surface area contributed by atoms with E-state index in [0.29, 0.717) is 11.3 Å². The van der Waals surface area contributed by atoms with Gasteiger partial charge in [-0.05, 0) is 18.2 Å². The van der Waals surface area contributed by atoms with Crippen LogP contribution in [0.15, 0.2) is 47.6 Å². The lowest BCUT2D eigenvalue weighted by molar-refractivity contribution is -0.918. The summed E-state index contributed by atoms with van der Waals surface area (Å²) < 4.78 is 5.12. The number of nitrogens with one attached hydrogen (secondary N) is 1. The predicted octanol–water partition coefficient (Wildman–Crippen LogP) is 1.79. The molecule has 1 heterocycles. The van der Waals surface area contributed by atoms with Gasteiger partial charge in [0.2, 0.25) is 0 Å². The molecule has 0 spiro atoms. The summed E-state index contributed by atoms with van der Waals surface area (Å²) in [5.41, 5.74) is 1.85. The molecular formula is C19H23ClN3O2+. The fraction of sp³-hybridized carbons (Fsp3) is 0.316. The Balaban J connectivity index is 1.55. The third-order valence-corrected chi connectivity index (χ3v) is 4.82. The second-order valence-electron chi connectivity index (χ2n) is 6.11. The Kier molecular flexibility index (Phi) is 5.79. The number of para-hydroxylation sites is 1. The molecule has 1 aliphatic heterocycles. The first-order valence-corrected chi connectivity index (χ1v) is 8.77. The number of piperazine rings is 1. The molecule has 0 aromatic heterocycles. The monoisotopic (exact) mass is 360 g/mol. The highest BCUT2D eigenvalue weighted by Crippen LogP contribution is 2.28. The standard InChI is InChI=1S/C19H22ClN3O2/c1-25-18-8-4-6-15(19(18)24)13-21-23-11-9-22(10-12-23)14-16-5-2-3-7-17(16)20/h2-8,13,24H,9-12,14H2,1H3/p+1/b21-13+. The van der Waals surface area contributed by atoms with Crippen molar-refractivity contribution in [3.8, 4) is 11.5 Å². The van der Waals surface area contributed by atoms with Crippen LogP contribution in [-0.2, 0) is 6.54 Å². The first kappa shape index (κ1) is 17.6. The zero-order chi connectivity index (χ0) is 17.6. The molecule has 1 aliphatic rings. The lowest BCUT2D eigenvalue weighted by Gasteiger charge is -2.30. The molecule has 1 saturated heterocycles. The van der Waals surface area contributed by atoms with E-state index in [0.717, 1.165) is 37.7 Å². The average molecular weight is 361 g/mol. The summed E-state index contributed by atoms with van der Waals surface area (Å²) in [6.45, 7) is 4.70. The van der Waals surface area contributed by atoms with E-state index in [2.05, 4.69) is 11.2 Å². The minimum absolute atomic E-state index is 0.122.